The van der Waals surface area contributed by atoms with Crippen LogP contribution in [-0.4, -0.2) is 45.0 Å². The van der Waals surface area contributed by atoms with Crippen LogP contribution in [0, 0.1) is 11.3 Å². The summed E-state index contributed by atoms with van der Waals surface area (Å²) in [5.74, 6) is 1.31. The number of hydrogen-bond acceptors (Lipinski definition) is 4. The number of likely N-dealkylation sites (tertiary alicyclic amines) is 1. The second kappa shape index (κ2) is 6.99. The molecule has 1 unspecified atom stereocenters. The summed E-state index contributed by atoms with van der Waals surface area (Å²) in [6, 6.07) is 5.14. The summed E-state index contributed by atoms with van der Waals surface area (Å²) in [6.07, 6.45) is 2.77. The first kappa shape index (κ1) is 19.4. The molecule has 0 radical (unpaired) electrons. The van der Waals surface area contributed by atoms with Gasteiger partial charge in [0.05, 0.1) is 0 Å². The number of halogens is 3. The Hall–Kier alpha value is -2.58. The van der Waals surface area contributed by atoms with Crippen molar-refractivity contribution in [2.45, 2.75) is 50.9 Å². The Labute approximate surface area is 172 Å². The lowest BCUT2D eigenvalue weighted by molar-refractivity contribution is -0.274. The molecule has 1 aromatic heterocycles. The molecule has 3 fully saturated rings. The van der Waals surface area contributed by atoms with Crippen molar-refractivity contribution in [3.8, 4) is 5.75 Å². The summed E-state index contributed by atoms with van der Waals surface area (Å²) in [5, 5.41) is 8.56. The molecule has 2 aliphatic carbocycles. The standard InChI is InChI=1S/C21H23F3N4O2/c22-21(23,24)30-16-6-4-15(5-7-16)19(29)27-11-17(20(12-27)8-1-9-20)18-26-25-13-28(18)10-14-2-3-14/h4-7,13-14,17H,1-3,8-12H2. The van der Waals surface area contributed by atoms with Crippen molar-refractivity contribution in [1.29, 1.82) is 0 Å². The number of hydrogen-bond donors (Lipinski definition) is 0. The van der Waals surface area contributed by atoms with Gasteiger partial charge in [-0.3, -0.25) is 4.79 Å². The molecule has 2 heterocycles. The highest BCUT2D eigenvalue weighted by Gasteiger charge is 2.53. The number of amides is 1. The third-order valence-electron chi connectivity index (χ3n) is 6.73. The summed E-state index contributed by atoms with van der Waals surface area (Å²) in [5.41, 5.74) is 0.391. The predicted molar refractivity (Wildman–Crippen MR) is 101 cm³/mol. The first-order chi connectivity index (χ1) is 14.3. The van der Waals surface area contributed by atoms with E-state index < -0.39 is 6.36 Å². The van der Waals surface area contributed by atoms with Crippen LogP contribution in [0.15, 0.2) is 30.6 Å². The second-order valence-corrected chi connectivity index (χ2v) is 8.81. The van der Waals surface area contributed by atoms with Gasteiger partial charge in [0.15, 0.2) is 0 Å². The normalized spacial score (nSPS) is 22.9. The van der Waals surface area contributed by atoms with Crippen molar-refractivity contribution in [3.05, 3.63) is 42.0 Å². The maximum atomic E-state index is 13.1. The minimum absolute atomic E-state index is 0.0311. The quantitative estimate of drug-likeness (QED) is 0.734. The molecule has 9 heteroatoms. The van der Waals surface area contributed by atoms with Gasteiger partial charge in [-0.2, -0.15) is 0 Å². The van der Waals surface area contributed by atoms with E-state index in [1.165, 1.54) is 37.1 Å². The van der Waals surface area contributed by atoms with Crippen LogP contribution in [0.4, 0.5) is 13.2 Å². The lowest BCUT2D eigenvalue weighted by Gasteiger charge is -2.42. The maximum absolute atomic E-state index is 13.1. The molecule has 3 aliphatic rings. The van der Waals surface area contributed by atoms with Crippen molar-refractivity contribution in [2.75, 3.05) is 13.1 Å². The van der Waals surface area contributed by atoms with Gasteiger partial charge in [-0.25, -0.2) is 0 Å². The number of carbonyl (C=O) groups excluding carboxylic acids is 1. The minimum atomic E-state index is -4.75. The van der Waals surface area contributed by atoms with Crippen LogP contribution < -0.4 is 4.74 Å². The molecule has 2 aromatic rings. The van der Waals surface area contributed by atoms with Crippen molar-refractivity contribution in [2.24, 2.45) is 11.3 Å². The molecule has 1 amide bonds. The maximum Gasteiger partial charge on any atom is 0.573 e. The van der Waals surface area contributed by atoms with Crippen molar-refractivity contribution in [1.82, 2.24) is 19.7 Å². The number of alkyl halides is 3. The summed E-state index contributed by atoms with van der Waals surface area (Å²) in [4.78, 5) is 14.9. The molecule has 1 spiro atoms. The largest absolute Gasteiger partial charge is 0.573 e. The smallest absolute Gasteiger partial charge is 0.406 e. The fourth-order valence-corrected chi connectivity index (χ4v) is 4.85. The molecule has 1 aromatic carbocycles. The first-order valence-corrected chi connectivity index (χ1v) is 10.4. The molecule has 1 saturated heterocycles. The number of nitrogens with zero attached hydrogens (tertiary/aromatic N) is 4. The Kier molecular flexibility index (Phi) is 4.52. The first-order valence-electron chi connectivity index (χ1n) is 10.4. The van der Waals surface area contributed by atoms with E-state index in [0.29, 0.717) is 24.6 Å². The van der Waals surface area contributed by atoms with Gasteiger partial charge in [-0.15, -0.1) is 23.4 Å². The van der Waals surface area contributed by atoms with Gasteiger partial charge in [0, 0.05) is 31.1 Å². The van der Waals surface area contributed by atoms with Gasteiger partial charge in [-0.1, -0.05) is 6.42 Å². The van der Waals surface area contributed by atoms with Crippen LogP contribution >= 0.6 is 0 Å². The summed E-state index contributed by atoms with van der Waals surface area (Å²) < 4.78 is 43.1. The van der Waals surface area contributed by atoms with Gasteiger partial charge in [-0.05, 0) is 61.3 Å². The van der Waals surface area contributed by atoms with E-state index >= 15 is 0 Å². The zero-order chi connectivity index (χ0) is 20.9. The lowest BCUT2D eigenvalue weighted by atomic mass is 9.62. The van der Waals surface area contributed by atoms with Crippen molar-refractivity contribution in [3.63, 3.8) is 0 Å². The van der Waals surface area contributed by atoms with Crippen LogP contribution in [-0.2, 0) is 6.54 Å². The Morgan fingerprint density at radius 2 is 1.93 bits per heavy atom. The topological polar surface area (TPSA) is 60.2 Å². The molecule has 6 nitrogen and oxygen atoms in total. The highest BCUT2D eigenvalue weighted by Crippen LogP contribution is 2.55. The highest BCUT2D eigenvalue weighted by molar-refractivity contribution is 5.94. The fraction of sp³-hybridized carbons (Fsp3) is 0.571. The monoisotopic (exact) mass is 420 g/mol. The SMILES string of the molecule is O=C(c1ccc(OC(F)(F)F)cc1)N1CC(c2nncn2CC2CC2)C2(CCC2)C1. The lowest BCUT2D eigenvalue weighted by Crippen LogP contribution is -2.38. The molecule has 0 N–H and O–H groups in total. The van der Waals surface area contributed by atoms with E-state index in [9.17, 15) is 18.0 Å². The van der Waals surface area contributed by atoms with Crippen molar-refractivity contribution >= 4 is 5.91 Å². The van der Waals surface area contributed by atoms with Gasteiger partial charge in [0.2, 0.25) is 0 Å². The van der Waals surface area contributed by atoms with Gasteiger partial charge < -0.3 is 14.2 Å². The highest BCUT2D eigenvalue weighted by atomic mass is 19.4. The van der Waals surface area contributed by atoms with Crippen LogP contribution in [0.5, 0.6) is 5.75 Å². The van der Waals surface area contributed by atoms with Crippen LogP contribution in [0.2, 0.25) is 0 Å². The van der Waals surface area contributed by atoms with E-state index in [2.05, 4.69) is 19.5 Å². The van der Waals surface area contributed by atoms with Crippen LogP contribution in [0.1, 0.15) is 54.2 Å². The summed E-state index contributed by atoms with van der Waals surface area (Å²) in [7, 11) is 0. The predicted octanol–water partition coefficient (Wildman–Crippen LogP) is 4.00. The molecular formula is C21H23F3N4O2. The zero-order valence-electron chi connectivity index (χ0n) is 16.4. The number of carbonyl (C=O) groups is 1. The summed E-state index contributed by atoms with van der Waals surface area (Å²) in [6.45, 7) is 2.14. The molecule has 2 saturated carbocycles. The molecule has 1 aliphatic heterocycles. The molecule has 0 bridgehead atoms. The second-order valence-electron chi connectivity index (χ2n) is 8.81. The van der Waals surface area contributed by atoms with Crippen LogP contribution in [0.25, 0.3) is 0 Å². The van der Waals surface area contributed by atoms with E-state index in [0.717, 1.165) is 31.6 Å². The molecule has 160 valence electrons. The van der Waals surface area contributed by atoms with Gasteiger partial charge in [0.1, 0.15) is 17.9 Å². The van der Waals surface area contributed by atoms with Gasteiger partial charge in [0.25, 0.3) is 5.91 Å². The Morgan fingerprint density at radius 1 is 1.20 bits per heavy atom. The Balaban J connectivity index is 1.33. The number of benzene rings is 1. The fourth-order valence-electron chi connectivity index (χ4n) is 4.85. The van der Waals surface area contributed by atoms with Crippen LogP contribution in [0.3, 0.4) is 0 Å². The Bertz CT molecular complexity index is 932. The summed E-state index contributed by atoms with van der Waals surface area (Å²) >= 11 is 0. The minimum Gasteiger partial charge on any atom is -0.406 e. The Morgan fingerprint density at radius 3 is 2.53 bits per heavy atom. The number of ether oxygens (including phenoxy) is 1. The van der Waals surface area contributed by atoms with E-state index in [4.69, 9.17) is 0 Å². The van der Waals surface area contributed by atoms with E-state index in [1.54, 1.807) is 6.33 Å². The molecule has 1 atom stereocenters. The molecule has 30 heavy (non-hydrogen) atoms. The van der Waals surface area contributed by atoms with Gasteiger partial charge >= 0.3 is 6.36 Å². The average molecular weight is 420 g/mol. The van der Waals surface area contributed by atoms with E-state index in [1.807, 2.05) is 4.90 Å². The number of aromatic nitrogens is 3. The van der Waals surface area contributed by atoms with Crippen molar-refractivity contribution < 1.29 is 22.7 Å². The molecular weight excluding hydrogens is 397 g/mol. The third-order valence-corrected chi connectivity index (χ3v) is 6.73. The zero-order valence-corrected chi connectivity index (χ0v) is 16.4. The third kappa shape index (κ3) is 3.65. The average Bonchev–Trinajstić information content (AvgIpc) is 3.20. The number of rotatable bonds is 5. The molecule has 5 rings (SSSR count). The van der Waals surface area contributed by atoms with E-state index in [-0.39, 0.29) is 23.0 Å².